The van der Waals surface area contributed by atoms with Gasteiger partial charge in [-0.1, -0.05) is 36.8 Å². The second kappa shape index (κ2) is 8.99. The van der Waals surface area contributed by atoms with Crippen LogP contribution in [0.2, 0.25) is 0 Å². The van der Waals surface area contributed by atoms with E-state index < -0.39 is 11.2 Å². The third-order valence-electron chi connectivity index (χ3n) is 7.80. The molecule has 2 fully saturated rings. The van der Waals surface area contributed by atoms with Crippen molar-refractivity contribution in [1.82, 2.24) is 23.6 Å². The van der Waals surface area contributed by atoms with Crippen LogP contribution in [0.5, 0.6) is 0 Å². The molecule has 0 spiro atoms. The Balaban J connectivity index is 1.56. The minimum absolute atomic E-state index is 0.256. The second-order valence-electron chi connectivity index (χ2n) is 9.79. The summed E-state index contributed by atoms with van der Waals surface area (Å²) in [7, 11) is 3.13. The van der Waals surface area contributed by atoms with Crippen LogP contribution < -0.4 is 21.9 Å². The summed E-state index contributed by atoms with van der Waals surface area (Å²) in [6.45, 7) is 3.42. The first-order chi connectivity index (χ1) is 16.8. The molecule has 0 unspecified atom stereocenters. The molecule has 2 N–H and O–H groups in total. The zero-order valence-electron chi connectivity index (χ0n) is 20.4. The van der Waals surface area contributed by atoms with Gasteiger partial charge in [0.05, 0.1) is 6.54 Å². The number of aryl methyl sites for hydroxylation is 1. The Bertz CT molecular complexity index is 1360. The smallest absolute Gasteiger partial charge is 0.332 e. The highest BCUT2D eigenvalue weighted by molar-refractivity contribution is 5.85. The maximum absolute atomic E-state index is 13.2. The van der Waals surface area contributed by atoms with E-state index in [9.17, 15) is 14.4 Å². The number of anilines is 1. The van der Waals surface area contributed by atoms with E-state index in [4.69, 9.17) is 10.7 Å². The summed E-state index contributed by atoms with van der Waals surface area (Å²) < 4.78 is 4.46. The lowest BCUT2D eigenvalue weighted by Gasteiger charge is -2.48. The fourth-order valence-corrected chi connectivity index (χ4v) is 5.71. The Morgan fingerprint density at radius 2 is 1.63 bits per heavy atom. The van der Waals surface area contributed by atoms with Crippen LogP contribution >= 0.6 is 0 Å². The van der Waals surface area contributed by atoms with E-state index >= 15 is 0 Å². The molecule has 2 aromatic heterocycles. The van der Waals surface area contributed by atoms with Gasteiger partial charge in [0.25, 0.3) is 5.56 Å². The number of hydrogen-bond acceptors (Lipinski definition) is 6. The molecule has 4 heterocycles. The van der Waals surface area contributed by atoms with E-state index in [1.54, 1.807) is 7.05 Å². The molecule has 5 rings (SSSR count). The number of primary amides is 1. The number of imidazole rings is 1. The number of likely N-dealkylation sites (tertiary alicyclic amines) is 1. The lowest BCUT2D eigenvalue weighted by molar-refractivity contribution is -0.132. The predicted molar refractivity (Wildman–Crippen MR) is 135 cm³/mol. The molecule has 2 saturated heterocycles. The van der Waals surface area contributed by atoms with Gasteiger partial charge in [-0.05, 0) is 44.3 Å². The SMILES string of the molecule is Cn1c(=O)c2c(nc(N3CCC(C(N)=O)(N4CCCCC4)CC3)n2Cc2ccccc2)n(C)c1=O. The Labute approximate surface area is 203 Å². The molecule has 3 aromatic rings. The van der Waals surface area contributed by atoms with Gasteiger partial charge in [-0.3, -0.25) is 28.2 Å². The van der Waals surface area contributed by atoms with Gasteiger partial charge >= 0.3 is 5.69 Å². The van der Waals surface area contributed by atoms with Crippen molar-refractivity contribution >= 4 is 23.0 Å². The number of aromatic nitrogens is 4. The fourth-order valence-electron chi connectivity index (χ4n) is 5.71. The van der Waals surface area contributed by atoms with Crippen molar-refractivity contribution in [3.8, 4) is 0 Å². The molecule has 2 aliphatic heterocycles. The van der Waals surface area contributed by atoms with Crippen LogP contribution in [0.3, 0.4) is 0 Å². The molecule has 0 atom stereocenters. The quantitative estimate of drug-likeness (QED) is 0.579. The summed E-state index contributed by atoms with van der Waals surface area (Å²) in [5.41, 5.74) is 6.36. The number of hydrogen-bond donors (Lipinski definition) is 1. The van der Waals surface area contributed by atoms with Crippen molar-refractivity contribution in [2.24, 2.45) is 19.8 Å². The van der Waals surface area contributed by atoms with Crippen LogP contribution in [0, 0.1) is 0 Å². The van der Waals surface area contributed by atoms with E-state index in [0.717, 1.165) is 36.1 Å². The van der Waals surface area contributed by atoms with Crippen molar-refractivity contribution in [2.75, 3.05) is 31.1 Å². The summed E-state index contributed by atoms with van der Waals surface area (Å²) in [6.07, 6.45) is 4.57. The lowest BCUT2D eigenvalue weighted by atomic mass is 9.83. The van der Waals surface area contributed by atoms with Gasteiger partial charge < -0.3 is 10.6 Å². The summed E-state index contributed by atoms with van der Waals surface area (Å²) >= 11 is 0. The minimum Gasteiger partial charge on any atom is -0.368 e. The molecule has 10 heteroatoms. The van der Waals surface area contributed by atoms with E-state index in [2.05, 4.69) is 9.80 Å². The molecule has 2 aliphatic rings. The van der Waals surface area contributed by atoms with Crippen molar-refractivity contribution < 1.29 is 4.79 Å². The van der Waals surface area contributed by atoms with Crippen LogP contribution in [-0.4, -0.2) is 61.2 Å². The summed E-state index contributed by atoms with van der Waals surface area (Å²) in [4.78, 5) is 47.7. The standard InChI is InChI=1S/C25H33N7O3/c1-28-20-19(21(33)29(2)24(28)35)32(17-18-9-5-3-6-10-18)23(27-20)30-15-11-25(12-16-30,22(26)34)31-13-7-4-8-14-31/h3,5-6,9-10H,4,7-8,11-17H2,1-2H3,(H2,26,34). The number of nitrogens with zero attached hydrogens (tertiary/aromatic N) is 6. The van der Waals surface area contributed by atoms with E-state index in [0.29, 0.717) is 49.6 Å². The highest BCUT2D eigenvalue weighted by Crippen LogP contribution is 2.34. The normalized spacial score (nSPS) is 18.7. The van der Waals surface area contributed by atoms with Crippen LogP contribution in [0.15, 0.2) is 39.9 Å². The van der Waals surface area contributed by atoms with Gasteiger partial charge in [-0.15, -0.1) is 0 Å². The largest absolute Gasteiger partial charge is 0.368 e. The third kappa shape index (κ3) is 3.85. The lowest BCUT2D eigenvalue weighted by Crippen LogP contribution is -2.63. The molecule has 0 bridgehead atoms. The van der Waals surface area contributed by atoms with Crippen molar-refractivity contribution in [1.29, 1.82) is 0 Å². The average molecular weight is 480 g/mol. The predicted octanol–water partition coefficient (Wildman–Crippen LogP) is 0.792. The number of nitrogens with two attached hydrogens (primary N) is 1. The number of benzene rings is 1. The highest BCUT2D eigenvalue weighted by atomic mass is 16.2. The minimum atomic E-state index is -0.643. The molecular weight excluding hydrogens is 446 g/mol. The molecule has 0 aliphatic carbocycles. The number of fused-ring (bicyclic) bond motifs is 1. The molecule has 0 saturated carbocycles. The van der Waals surface area contributed by atoms with Gasteiger partial charge in [0.15, 0.2) is 11.2 Å². The summed E-state index contributed by atoms with van der Waals surface area (Å²) in [6, 6.07) is 9.89. The van der Waals surface area contributed by atoms with E-state index in [1.165, 1.54) is 18.0 Å². The number of piperidine rings is 2. The number of rotatable bonds is 5. The fraction of sp³-hybridized carbons (Fsp3) is 0.520. The van der Waals surface area contributed by atoms with Crippen LogP contribution in [0.1, 0.15) is 37.7 Å². The Kier molecular flexibility index (Phi) is 6.00. The molecule has 10 nitrogen and oxygen atoms in total. The van der Waals surface area contributed by atoms with Gasteiger partial charge in [-0.25, -0.2) is 4.79 Å². The molecular formula is C25H33N7O3. The van der Waals surface area contributed by atoms with Gasteiger partial charge in [0.1, 0.15) is 5.54 Å². The first kappa shape index (κ1) is 23.3. The summed E-state index contributed by atoms with van der Waals surface area (Å²) in [5, 5.41) is 0. The Morgan fingerprint density at radius 3 is 2.26 bits per heavy atom. The molecule has 186 valence electrons. The first-order valence-electron chi connectivity index (χ1n) is 12.3. The van der Waals surface area contributed by atoms with E-state index in [1.807, 2.05) is 34.9 Å². The van der Waals surface area contributed by atoms with Crippen LogP contribution in [-0.2, 0) is 25.4 Å². The number of carbonyl (C=O) groups is 1. The van der Waals surface area contributed by atoms with E-state index in [-0.39, 0.29) is 11.5 Å². The summed E-state index contributed by atoms with van der Waals surface area (Å²) in [5.74, 6) is 0.381. The maximum Gasteiger partial charge on any atom is 0.332 e. The number of carbonyl (C=O) groups excluding carboxylic acids is 1. The van der Waals surface area contributed by atoms with Gasteiger partial charge in [-0.2, -0.15) is 4.98 Å². The van der Waals surface area contributed by atoms with Crippen molar-refractivity contribution in [2.45, 2.75) is 44.2 Å². The molecule has 0 radical (unpaired) electrons. The molecule has 1 amide bonds. The zero-order valence-corrected chi connectivity index (χ0v) is 20.4. The van der Waals surface area contributed by atoms with Crippen molar-refractivity contribution in [3.63, 3.8) is 0 Å². The Hall–Kier alpha value is -3.40. The van der Waals surface area contributed by atoms with Crippen LogP contribution in [0.4, 0.5) is 5.95 Å². The monoisotopic (exact) mass is 479 g/mol. The molecule has 35 heavy (non-hydrogen) atoms. The third-order valence-corrected chi connectivity index (χ3v) is 7.80. The maximum atomic E-state index is 13.2. The second-order valence-corrected chi connectivity index (χ2v) is 9.79. The highest BCUT2D eigenvalue weighted by Gasteiger charge is 2.45. The number of amides is 1. The van der Waals surface area contributed by atoms with Gasteiger partial charge in [0.2, 0.25) is 11.9 Å². The van der Waals surface area contributed by atoms with Crippen LogP contribution in [0.25, 0.3) is 11.2 Å². The first-order valence-corrected chi connectivity index (χ1v) is 12.3. The topological polar surface area (TPSA) is 111 Å². The zero-order chi connectivity index (χ0) is 24.7. The van der Waals surface area contributed by atoms with Crippen molar-refractivity contribution in [3.05, 3.63) is 56.7 Å². The van der Waals surface area contributed by atoms with Gasteiger partial charge in [0, 0.05) is 27.2 Å². The average Bonchev–Trinajstić information content (AvgIpc) is 3.26. The molecule has 1 aromatic carbocycles. The Morgan fingerprint density at radius 1 is 0.971 bits per heavy atom.